The molecule has 1 fully saturated rings. The first-order valence-corrected chi connectivity index (χ1v) is 8.29. The summed E-state index contributed by atoms with van der Waals surface area (Å²) in [5.74, 6) is 0. The lowest BCUT2D eigenvalue weighted by molar-refractivity contribution is -0.183. The Hall–Kier alpha value is 0.0169. The quantitative estimate of drug-likeness (QED) is 0.600. The highest BCUT2D eigenvalue weighted by Crippen LogP contribution is 2.41. The van der Waals surface area contributed by atoms with E-state index in [1.807, 2.05) is 0 Å². The Morgan fingerprint density at radius 1 is 1.11 bits per heavy atom. The zero-order valence-electron chi connectivity index (χ0n) is 12.2. The third-order valence-corrected chi connectivity index (χ3v) is 6.83. The van der Waals surface area contributed by atoms with Gasteiger partial charge in [0.15, 0.2) is 0 Å². The average molecular weight is 278 g/mol. The minimum absolute atomic E-state index is 0.0383. The van der Waals surface area contributed by atoms with Crippen molar-refractivity contribution >= 4 is 8.80 Å². The molecule has 1 aliphatic heterocycles. The van der Waals surface area contributed by atoms with E-state index in [2.05, 4.69) is 13.8 Å². The van der Waals surface area contributed by atoms with Gasteiger partial charge in [-0.15, -0.1) is 0 Å². The van der Waals surface area contributed by atoms with E-state index in [4.69, 9.17) is 22.8 Å². The van der Waals surface area contributed by atoms with E-state index in [1.54, 1.807) is 21.3 Å². The molecule has 0 N–H and O–H groups in total. The molecule has 1 aliphatic rings. The van der Waals surface area contributed by atoms with E-state index < -0.39 is 8.80 Å². The molecule has 18 heavy (non-hydrogen) atoms. The molecule has 1 unspecified atom stereocenters. The van der Waals surface area contributed by atoms with E-state index in [9.17, 15) is 0 Å². The number of hydrogen-bond acceptors (Lipinski definition) is 5. The molecule has 0 bridgehead atoms. The van der Waals surface area contributed by atoms with Crippen molar-refractivity contribution in [3.8, 4) is 0 Å². The summed E-state index contributed by atoms with van der Waals surface area (Å²) >= 11 is 0. The fourth-order valence-corrected chi connectivity index (χ4v) is 4.95. The van der Waals surface area contributed by atoms with Crippen LogP contribution in [-0.2, 0) is 22.8 Å². The molecule has 0 aromatic heterocycles. The Bertz CT molecular complexity index is 227. The monoisotopic (exact) mass is 278 g/mol. The van der Waals surface area contributed by atoms with Crippen LogP contribution in [0, 0.1) is 5.41 Å². The summed E-state index contributed by atoms with van der Waals surface area (Å²) < 4.78 is 28.2. The van der Waals surface area contributed by atoms with Gasteiger partial charge < -0.3 is 22.8 Å². The van der Waals surface area contributed by atoms with E-state index >= 15 is 0 Å². The van der Waals surface area contributed by atoms with Gasteiger partial charge in [-0.25, -0.2) is 0 Å². The molecule has 1 saturated heterocycles. The zero-order valence-corrected chi connectivity index (χ0v) is 13.2. The Balaban J connectivity index is 2.94. The highest BCUT2D eigenvalue weighted by molar-refractivity contribution is 6.62. The van der Waals surface area contributed by atoms with Crippen molar-refractivity contribution in [1.82, 2.24) is 0 Å². The van der Waals surface area contributed by atoms with Gasteiger partial charge in [-0.05, 0) is 12.8 Å². The zero-order chi connectivity index (χ0) is 13.6. The van der Waals surface area contributed by atoms with Crippen molar-refractivity contribution in [2.75, 3.05) is 41.2 Å². The first-order valence-electron chi connectivity index (χ1n) is 6.49. The smallest absolute Gasteiger partial charge is 0.380 e. The summed E-state index contributed by atoms with van der Waals surface area (Å²) in [5.41, 5.74) is -0.202. The molecule has 1 heterocycles. The molecule has 1 rings (SSSR count). The van der Waals surface area contributed by atoms with Gasteiger partial charge in [-0.3, -0.25) is 0 Å². The second kappa shape index (κ2) is 6.98. The molecule has 0 spiro atoms. The number of rotatable bonds is 9. The van der Waals surface area contributed by atoms with Crippen molar-refractivity contribution in [2.24, 2.45) is 5.41 Å². The van der Waals surface area contributed by atoms with Gasteiger partial charge >= 0.3 is 8.80 Å². The number of ether oxygens (including phenoxy) is 2. The Labute approximate surface area is 111 Å². The molecule has 0 saturated carbocycles. The van der Waals surface area contributed by atoms with Crippen LogP contribution in [0.4, 0.5) is 0 Å². The van der Waals surface area contributed by atoms with Gasteiger partial charge in [0.1, 0.15) is 5.73 Å². The third kappa shape index (κ3) is 2.78. The van der Waals surface area contributed by atoms with Gasteiger partial charge in [0.25, 0.3) is 0 Å². The van der Waals surface area contributed by atoms with Crippen molar-refractivity contribution in [3.63, 3.8) is 0 Å². The van der Waals surface area contributed by atoms with Crippen LogP contribution in [0.25, 0.3) is 0 Å². The molecule has 6 heteroatoms. The summed E-state index contributed by atoms with van der Waals surface area (Å²) in [6.45, 7) is 6.27. The molecule has 0 aromatic rings. The first-order chi connectivity index (χ1) is 8.64. The van der Waals surface area contributed by atoms with E-state index in [-0.39, 0.29) is 11.1 Å². The minimum atomic E-state index is -2.81. The molecule has 0 aromatic carbocycles. The topological polar surface area (TPSA) is 46.2 Å². The highest BCUT2D eigenvalue weighted by atomic mass is 28.4. The third-order valence-electron chi connectivity index (χ3n) is 3.70. The summed E-state index contributed by atoms with van der Waals surface area (Å²) in [4.78, 5) is 0. The SMILES string of the molecule is CCCOC(C1(CC)COC1)[Si](OC)(OC)OC. The van der Waals surface area contributed by atoms with Crippen molar-refractivity contribution in [3.05, 3.63) is 0 Å². The standard InChI is InChI=1S/C12H26O5Si/c1-6-8-17-11(12(7-2)9-16-10-12)18(13-3,14-4)15-5/h11H,6-10H2,1-5H3. The lowest BCUT2D eigenvalue weighted by Crippen LogP contribution is -2.67. The van der Waals surface area contributed by atoms with Gasteiger partial charge in [0.05, 0.1) is 13.2 Å². The van der Waals surface area contributed by atoms with E-state index in [1.165, 1.54) is 0 Å². The first kappa shape index (κ1) is 16.1. The maximum Gasteiger partial charge on any atom is 0.531 e. The van der Waals surface area contributed by atoms with Crippen LogP contribution in [-0.4, -0.2) is 55.7 Å². The Morgan fingerprint density at radius 2 is 1.67 bits per heavy atom. The summed E-state index contributed by atoms with van der Waals surface area (Å²) in [6, 6.07) is 0. The predicted molar refractivity (Wildman–Crippen MR) is 70.4 cm³/mol. The molecule has 0 amide bonds. The van der Waals surface area contributed by atoms with Crippen LogP contribution in [0.5, 0.6) is 0 Å². The fourth-order valence-electron chi connectivity index (χ4n) is 2.37. The fraction of sp³-hybridized carbons (Fsp3) is 1.00. The highest BCUT2D eigenvalue weighted by Gasteiger charge is 2.61. The van der Waals surface area contributed by atoms with Crippen LogP contribution < -0.4 is 0 Å². The van der Waals surface area contributed by atoms with Gasteiger partial charge in [-0.2, -0.15) is 0 Å². The lowest BCUT2D eigenvalue weighted by Gasteiger charge is -2.49. The second-order valence-corrected chi connectivity index (χ2v) is 7.63. The Kier molecular flexibility index (Phi) is 6.23. The maximum absolute atomic E-state index is 6.03. The van der Waals surface area contributed by atoms with E-state index in [0.29, 0.717) is 19.8 Å². The van der Waals surface area contributed by atoms with E-state index in [0.717, 1.165) is 12.8 Å². The Morgan fingerprint density at radius 3 is 1.94 bits per heavy atom. The lowest BCUT2D eigenvalue weighted by atomic mass is 9.84. The molecule has 0 aliphatic carbocycles. The van der Waals surface area contributed by atoms with Crippen LogP contribution in [0.3, 0.4) is 0 Å². The molecule has 108 valence electrons. The van der Waals surface area contributed by atoms with Crippen LogP contribution in [0.2, 0.25) is 0 Å². The molecule has 5 nitrogen and oxygen atoms in total. The van der Waals surface area contributed by atoms with Crippen molar-refractivity contribution in [1.29, 1.82) is 0 Å². The summed E-state index contributed by atoms with van der Waals surface area (Å²) in [7, 11) is 2.08. The molecular formula is C12H26O5Si. The second-order valence-electron chi connectivity index (χ2n) is 4.68. The summed E-state index contributed by atoms with van der Waals surface area (Å²) in [6.07, 6.45) is 1.92. The number of hydrogen-bond donors (Lipinski definition) is 0. The predicted octanol–water partition coefficient (Wildman–Crippen LogP) is 1.63. The van der Waals surface area contributed by atoms with Gasteiger partial charge in [-0.1, -0.05) is 13.8 Å². The summed E-state index contributed by atoms with van der Waals surface area (Å²) in [5, 5.41) is 0. The maximum atomic E-state index is 6.03. The largest absolute Gasteiger partial charge is 0.531 e. The van der Waals surface area contributed by atoms with Crippen molar-refractivity contribution < 1.29 is 22.8 Å². The van der Waals surface area contributed by atoms with Crippen LogP contribution in [0.15, 0.2) is 0 Å². The van der Waals surface area contributed by atoms with Gasteiger partial charge in [0, 0.05) is 33.4 Å². The van der Waals surface area contributed by atoms with Crippen molar-refractivity contribution in [2.45, 2.75) is 32.4 Å². The van der Waals surface area contributed by atoms with Crippen LogP contribution >= 0.6 is 0 Å². The normalized spacial score (nSPS) is 20.5. The van der Waals surface area contributed by atoms with Gasteiger partial charge in [0.2, 0.25) is 0 Å². The van der Waals surface area contributed by atoms with Crippen LogP contribution in [0.1, 0.15) is 26.7 Å². The average Bonchev–Trinajstić information content (AvgIpc) is 2.36. The molecule has 1 atom stereocenters. The molecular weight excluding hydrogens is 252 g/mol. The molecule has 0 radical (unpaired) electrons. The minimum Gasteiger partial charge on any atom is -0.380 e.